The molecule has 1 aromatic heterocycles. The van der Waals surface area contributed by atoms with Gasteiger partial charge in [-0.25, -0.2) is 8.42 Å². The van der Waals surface area contributed by atoms with Crippen LogP contribution in [-0.4, -0.2) is 50.6 Å². The van der Waals surface area contributed by atoms with E-state index in [0.717, 1.165) is 24.6 Å². The summed E-state index contributed by atoms with van der Waals surface area (Å²) in [5.41, 5.74) is -1.21. The zero-order valence-electron chi connectivity index (χ0n) is 18.3. The number of piperidine rings is 1. The average molecular weight is 500 g/mol. The molecule has 0 saturated carbocycles. The molecule has 2 aliphatic heterocycles. The van der Waals surface area contributed by atoms with Gasteiger partial charge in [0.2, 0.25) is 5.91 Å². The zero-order valence-corrected chi connectivity index (χ0v) is 19.2. The minimum Gasteiger partial charge on any atom is -0.384 e. The van der Waals surface area contributed by atoms with Gasteiger partial charge in [-0.3, -0.25) is 14.3 Å². The third-order valence-electron chi connectivity index (χ3n) is 6.19. The van der Waals surface area contributed by atoms with Gasteiger partial charge < -0.3 is 14.2 Å². The zero-order chi connectivity index (χ0) is 24.7. The Morgan fingerprint density at radius 1 is 1.18 bits per heavy atom. The molecule has 184 valence electrons. The van der Waals surface area contributed by atoms with Crippen LogP contribution < -0.4 is 10.3 Å². The molecule has 12 heteroatoms. The number of likely N-dealkylation sites (tertiary alicyclic amines) is 1. The van der Waals surface area contributed by atoms with Gasteiger partial charge in [0.15, 0.2) is 0 Å². The molecule has 0 aliphatic carbocycles. The number of rotatable bonds is 6. The number of amides is 1. The normalized spacial score (nSPS) is 20.1. The van der Waals surface area contributed by atoms with E-state index in [1.807, 2.05) is 0 Å². The van der Waals surface area contributed by atoms with Crippen molar-refractivity contribution in [2.45, 2.75) is 36.4 Å². The van der Waals surface area contributed by atoms with Crippen molar-refractivity contribution in [2.24, 2.45) is 5.92 Å². The Kier molecular flexibility index (Phi) is 6.47. The van der Waals surface area contributed by atoms with Crippen LogP contribution in [0.5, 0.6) is 0 Å². The number of benzene rings is 1. The van der Waals surface area contributed by atoms with Crippen molar-refractivity contribution in [1.29, 1.82) is 0 Å². The van der Waals surface area contributed by atoms with Crippen molar-refractivity contribution in [2.75, 3.05) is 31.5 Å². The minimum atomic E-state index is -4.70. The monoisotopic (exact) mass is 499 g/mol. The van der Waals surface area contributed by atoms with Crippen molar-refractivity contribution in [3.63, 3.8) is 0 Å². The van der Waals surface area contributed by atoms with Crippen LogP contribution in [0.4, 0.5) is 18.9 Å². The Morgan fingerprint density at radius 3 is 2.65 bits per heavy atom. The molecule has 0 unspecified atom stereocenters. The lowest BCUT2D eigenvalue weighted by atomic mass is 9.83. The molecular weight excluding hydrogens is 475 g/mol. The van der Waals surface area contributed by atoms with Crippen molar-refractivity contribution in [3.05, 3.63) is 58.0 Å². The number of carbonyl (C=O) groups excluding carboxylic acids is 1. The maximum Gasteiger partial charge on any atom is 0.416 e. The molecule has 2 atom stereocenters. The summed E-state index contributed by atoms with van der Waals surface area (Å²) in [6.07, 6.45) is -3.62. The van der Waals surface area contributed by atoms with Crippen LogP contribution >= 0.6 is 0 Å². The number of anilines is 1. The van der Waals surface area contributed by atoms with Gasteiger partial charge in [-0.15, -0.1) is 0 Å². The predicted molar refractivity (Wildman–Crippen MR) is 117 cm³/mol. The highest BCUT2D eigenvalue weighted by Gasteiger charge is 2.37. The number of nitrogens with zero attached hydrogens (tertiary/aromatic N) is 2. The molecule has 3 heterocycles. The highest BCUT2D eigenvalue weighted by Crippen LogP contribution is 2.36. The number of alkyl halides is 3. The Hall–Kier alpha value is -2.86. The van der Waals surface area contributed by atoms with Gasteiger partial charge in [-0.2, -0.15) is 13.2 Å². The number of halogens is 3. The van der Waals surface area contributed by atoms with Crippen molar-refractivity contribution in [1.82, 2.24) is 9.47 Å². The summed E-state index contributed by atoms with van der Waals surface area (Å²) in [7, 11) is -2.89. The smallest absolute Gasteiger partial charge is 0.384 e. The van der Waals surface area contributed by atoms with Crippen LogP contribution in [-0.2, 0) is 32.3 Å². The largest absolute Gasteiger partial charge is 0.416 e. The fourth-order valence-electron chi connectivity index (χ4n) is 4.62. The number of aromatic nitrogens is 1. The lowest BCUT2D eigenvalue weighted by Gasteiger charge is -2.43. The van der Waals surface area contributed by atoms with Crippen LogP contribution in [0.3, 0.4) is 0 Å². The molecule has 0 radical (unpaired) electrons. The molecule has 2 aliphatic rings. The van der Waals surface area contributed by atoms with Crippen LogP contribution in [0.25, 0.3) is 0 Å². The maximum absolute atomic E-state index is 13.1. The van der Waals surface area contributed by atoms with Crippen LogP contribution in [0.15, 0.2) is 46.1 Å². The quantitative estimate of drug-likeness (QED) is 0.659. The van der Waals surface area contributed by atoms with Crippen LogP contribution in [0.2, 0.25) is 0 Å². The van der Waals surface area contributed by atoms with Gasteiger partial charge in [0.1, 0.15) is 5.69 Å². The first-order valence-electron chi connectivity index (χ1n) is 10.7. The molecule has 1 amide bonds. The number of methoxy groups -OCH3 is 1. The molecule has 2 bridgehead atoms. The lowest BCUT2D eigenvalue weighted by Crippen LogP contribution is -2.49. The molecular formula is C22H24F3N3O5S. The first-order valence-corrected chi connectivity index (χ1v) is 12.2. The van der Waals surface area contributed by atoms with E-state index in [9.17, 15) is 31.2 Å². The first kappa shape index (κ1) is 24.3. The molecule has 0 spiro atoms. The summed E-state index contributed by atoms with van der Waals surface area (Å²) >= 11 is 0. The number of hydrogen-bond acceptors (Lipinski definition) is 5. The molecule has 1 N–H and O–H groups in total. The summed E-state index contributed by atoms with van der Waals surface area (Å²) < 4.78 is 73.0. The number of hydrogen-bond donors (Lipinski definition) is 1. The van der Waals surface area contributed by atoms with Crippen molar-refractivity contribution in [3.8, 4) is 0 Å². The number of carbonyl (C=O) groups is 1. The number of pyridine rings is 1. The van der Waals surface area contributed by atoms with Crippen LogP contribution in [0, 0.1) is 5.92 Å². The molecule has 34 heavy (non-hydrogen) atoms. The number of fused-ring (bicyclic) bond motifs is 4. The highest BCUT2D eigenvalue weighted by atomic mass is 32.2. The highest BCUT2D eigenvalue weighted by molar-refractivity contribution is 7.92. The second-order valence-corrected chi connectivity index (χ2v) is 10.2. The first-order chi connectivity index (χ1) is 16.0. The van der Waals surface area contributed by atoms with Gasteiger partial charge in [0.05, 0.1) is 23.5 Å². The van der Waals surface area contributed by atoms with E-state index >= 15 is 0 Å². The lowest BCUT2D eigenvalue weighted by molar-refractivity contribution is -0.137. The summed E-state index contributed by atoms with van der Waals surface area (Å²) in [6.45, 7) is 1.59. The standard InChI is InChI=1S/C22H24F3N3O5S/c1-33-8-7-20(29)27-11-14-9-15(13-27)19-6-5-18(21(30)28(19)12-14)26-34(31,32)17-4-2-3-16(10-17)22(23,24)25/h2-6,10,14-15,26H,7-9,11-13H2,1H3/t14-,15+/m0/s1. The fraction of sp³-hybridized carbons (Fsp3) is 0.455. The summed E-state index contributed by atoms with van der Waals surface area (Å²) in [5, 5.41) is 0. The molecule has 1 aromatic carbocycles. The van der Waals surface area contributed by atoms with E-state index in [1.165, 1.54) is 17.7 Å². The van der Waals surface area contributed by atoms with Gasteiger partial charge in [0, 0.05) is 38.4 Å². The van der Waals surface area contributed by atoms with E-state index in [-0.39, 0.29) is 29.9 Å². The van der Waals surface area contributed by atoms with Crippen molar-refractivity contribution < 1.29 is 31.1 Å². The predicted octanol–water partition coefficient (Wildman–Crippen LogP) is 2.65. The Labute approximate surface area is 194 Å². The topological polar surface area (TPSA) is 97.7 Å². The molecule has 1 saturated heterocycles. The molecule has 2 aromatic rings. The Balaban J connectivity index is 1.58. The van der Waals surface area contributed by atoms with Crippen LogP contribution in [0.1, 0.15) is 30.0 Å². The molecule has 4 rings (SSSR count). The van der Waals surface area contributed by atoms with E-state index in [0.29, 0.717) is 38.0 Å². The second-order valence-electron chi connectivity index (χ2n) is 8.56. The third-order valence-corrected chi connectivity index (χ3v) is 7.56. The third kappa shape index (κ3) is 4.83. The minimum absolute atomic E-state index is 0.0159. The average Bonchev–Trinajstić information content (AvgIpc) is 2.79. The SMILES string of the molecule is COCCC(=O)N1C[C@@H]2C[C@H](C1)c1ccc(NS(=O)(=O)c3cccc(C(F)(F)F)c3)c(=O)n1C2. The van der Waals surface area contributed by atoms with Gasteiger partial charge in [0.25, 0.3) is 15.6 Å². The van der Waals surface area contributed by atoms with E-state index in [1.54, 1.807) is 11.0 Å². The second kappa shape index (κ2) is 9.06. The molecule has 1 fully saturated rings. The molecule has 8 nitrogen and oxygen atoms in total. The van der Waals surface area contributed by atoms with Gasteiger partial charge >= 0.3 is 6.18 Å². The summed E-state index contributed by atoms with van der Waals surface area (Å²) in [4.78, 5) is 26.7. The summed E-state index contributed by atoms with van der Waals surface area (Å²) in [5.74, 6) is -0.0515. The Morgan fingerprint density at radius 2 is 1.94 bits per heavy atom. The Bertz CT molecular complexity index is 1260. The van der Waals surface area contributed by atoms with Gasteiger partial charge in [-0.05, 0) is 42.7 Å². The van der Waals surface area contributed by atoms with E-state index in [4.69, 9.17) is 4.74 Å². The van der Waals surface area contributed by atoms with Crippen molar-refractivity contribution >= 4 is 21.6 Å². The number of nitrogens with one attached hydrogen (secondary N) is 1. The maximum atomic E-state index is 13.1. The fourth-order valence-corrected chi connectivity index (χ4v) is 5.72. The summed E-state index contributed by atoms with van der Waals surface area (Å²) in [6, 6.07) is 6.29. The number of ether oxygens (including phenoxy) is 1. The van der Waals surface area contributed by atoms with E-state index < -0.39 is 32.2 Å². The van der Waals surface area contributed by atoms with Gasteiger partial charge in [-0.1, -0.05) is 6.07 Å². The van der Waals surface area contributed by atoms with E-state index in [2.05, 4.69) is 4.72 Å². The number of sulfonamides is 1.